The molecular formula is C16H31N3O. The molecule has 2 heterocycles. The maximum Gasteiger partial charge on any atom is 0.222 e. The molecule has 2 unspecified atom stereocenters. The minimum atomic E-state index is 0.341. The van der Waals surface area contributed by atoms with Crippen LogP contribution in [0.15, 0.2) is 0 Å². The summed E-state index contributed by atoms with van der Waals surface area (Å²) < 4.78 is 0. The second kappa shape index (κ2) is 7.99. The molecule has 0 aromatic heterocycles. The largest absolute Gasteiger partial charge is 0.341 e. The summed E-state index contributed by atoms with van der Waals surface area (Å²) in [5, 5.41) is 3.75. The van der Waals surface area contributed by atoms with E-state index in [0.29, 0.717) is 18.0 Å². The zero-order valence-electron chi connectivity index (χ0n) is 13.2. The molecule has 0 aliphatic carbocycles. The van der Waals surface area contributed by atoms with Gasteiger partial charge in [-0.15, -0.1) is 0 Å². The first-order valence-electron chi connectivity index (χ1n) is 8.45. The van der Waals surface area contributed by atoms with Crippen molar-refractivity contribution in [1.82, 2.24) is 15.1 Å². The van der Waals surface area contributed by atoms with Crippen LogP contribution in [0, 0.1) is 0 Å². The lowest BCUT2D eigenvalue weighted by atomic mass is 10.1. The molecule has 0 radical (unpaired) electrons. The summed E-state index contributed by atoms with van der Waals surface area (Å²) in [6, 6.07) is 1.05. The van der Waals surface area contributed by atoms with Crippen LogP contribution in [-0.4, -0.2) is 60.5 Å². The van der Waals surface area contributed by atoms with Gasteiger partial charge >= 0.3 is 0 Å². The van der Waals surface area contributed by atoms with Gasteiger partial charge in [-0.2, -0.15) is 0 Å². The standard InChI is InChI=1S/C16H31N3O/c1-3-9-18-10-4-6-15(8-12-18)17-14(2)13-19-11-5-7-16(19)20/h14-15,17H,3-13H2,1-2H3. The molecule has 0 spiro atoms. The van der Waals surface area contributed by atoms with Crippen molar-refractivity contribution in [3.63, 3.8) is 0 Å². The highest BCUT2D eigenvalue weighted by atomic mass is 16.2. The average Bonchev–Trinajstić information content (AvgIpc) is 2.68. The molecule has 2 rings (SSSR count). The first-order valence-corrected chi connectivity index (χ1v) is 8.45. The molecule has 2 saturated heterocycles. The number of hydrogen-bond donors (Lipinski definition) is 1. The predicted octanol–water partition coefficient (Wildman–Crippen LogP) is 1.85. The number of amides is 1. The van der Waals surface area contributed by atoms with Gasteiger partial charge in [0.05, 0.1) is 0 Å². The van der Waals surface area contributed by atoms with Crippen LogP contribution >= 0.6 is 0 Å². The second-order valence-corrected chi connectivity index (χ2v) is 6.48. The SMILES string of the molecule is CCCN1CCCC(NC(C)CN2CCCC2=O)CC1. The Kier molecular flexibility index (Phi) is 6.30. The van der Waals surface area contributed by atoms with Crippen LogP contribution in [0.3, 0.4) is 0 Å². The lowest BCUT2D eigenvalue weighted by molar-refractivity contribution is -0.128. The third kappa shape index (κ3) is 4.74. The number of carbonyl (C=O) groups excluding carboxylic acids is 1. The Labute approximate surface area is 123 Å². The van der Waals surface area contributed by atoms with Gasteiger partial charge in [-0.25, -0.2) is 0 Å². The van der Waals surface area contributed by atoms with Gasteiger partial charge in [0.2, 0.25) is 5.91 Å². The Morgan fingerprint density at radius 2 is 2.10 bits per heavy atom. The average molecular weight is 281 g/mol. The summed E-state index contributed by atoms with van der Waals surface area (Å²) >= 11 is 0. The van der Waals surface area contributed by atoms with Gasteiger partial charge in [-0.05, 0) is 58.7 Å². The monoisotopic (exact) mass is 281 g/mol. The van der Waals surface area contributed by atoms with E-state index in [9.17, 15) is 4.79 Å². The quantitative estimate of drug-likeness (QED) is 0.807. The molecule has 0 saturated carbocycles. The van der Waals surface area contributed by atoms with Crippen molar-refractivity contribution >= 4 is 5.91 Å². The molecule has 0 bridgehead atoms. The van der Waals surface area contributed by atoms with Crippen LogP contribution in [0.4, 0.5) is 0 Å². The third-order valence-corrected chi connectivity index (χ3v) is 4.55. The Morgan fingerprint density at radius 3 is 2.80 bits per heavy atom. The topological polar surface area (TPSA) is 35.6 Å². The van der Waals surface area contributed by atoms with Gasteiger partial charge in [0.15, 0.2) is 0 Å². The highest BCUT2D eigenvalue weighted by molar-refractivity contribution is 5.78. The van der Waals surface area contributed by atoms with E-state index in [-0.39, 0.29) is 0 Å². The molecular weight excluding hydrogens is 250 g/mol. The Hall–Kier alpha value is -0.610. The summed E-state index contributed by atoms with van der Waals surface area (Å²) in [4.78, 5) is 16.3. The molecule has 2 fully saturated rings. The molecule has 2 aliphatic rings. The summed E-state index contributed by atoms with van der Waals surface area (Å²) in [7, 11) is 0. The molecule has 116 valence electrons. The van der Waals surface area contributed by atoms with Gasteiger partial charge in [0, 0.05) is 31.6 Å². The van der Waals surface area contributed by atoms with E-state index in [1.54, 1.807) is 0 Å². The zero-order valence-corrected chi connectivity index (χ0v) is 13.2. The number of carbonyl (C=O) groups is 1. The number of hydrogen-bond acceptors (Lipinski definition) is 3. The van der Waals surface area contributed by atoms with E-state index in [2.05, 4.69) is 24.1 Å². The minimum absolute atomic E-state index is 0.341. The summed E-state index contributed by atoms with van der Waals surface area (Å²) in [6.45, 7) is 10.0. The zero-order chi connectivity index (χ0) is 14.4. The van der Waals surface area contributed by atoms with Crippen molar-refractivity contribution in [2.45, 2.75) is 64.5 Å². The molecule has 0 aromatic rings. The lowest BCUT2D eigenvalue weighted by Gasteiger charge is -2.26. The number of likely N-dealkylation sites (tertiary alicyclic amines) is 2. The van der Waals surface area contributed by atoms with E-state index < -0.39 is 0 Å². The Balaban J connectivity index is 1.71. The molecule has 4 nitrogen and oxygen atoms in total. The van der Waals surface area contributed by atoms with Gasteiger partial charge in [-0.1, -0.05) is 6.92 Å². The molecule has 2 aliphatic heterocycles. The van der Waals surface area contributed by atoms with E-state index in [1.165, 1.54) is 45.3 Å². The van der Waals surface area contributed by atoms with Gasteiger partial charge < -0.3 is 15.1 Å². The van der Waals surface area contributed by atoms with Crippen molar-refractivity contribution in [2.24, 2.45) is 0 Å². The maximum atomic E-state index is 11.7. The van der Waals surface area contributed by atoms with Gasteiger partial charge in [0.1, 0.15) is 0 Å². The molecule has 20 heavy (non-hydrogen) atoms. The molecule has 1 N–H and O–H groups in total. The number of nitrogens with one attached hydrogen (secondary N) is 1. The van der Waals surface area contributed by atoms with Crippen molar-refractivity contribution in [3.8, 4) is 0 Å². The van der Waals surface area contributed by atoms with Gasteiger partial charge in [-0.3, -0.25) is 4.79 Å². The van der Waals surface area contributed by atoms with E-state index >= 15 is 0 Å². The van der Waals surface area contributed by atoms with Crippen LogP contribution in [0.5, 0.6) is 0 Å². The summed E-state index contributed by atoms with van der Waals surface area (Å²) in [5.41, 5.74) is 0. The van der Waals surface area contributed by atoms with Crippen molar-refractivity contribution in [3.05, 3.63) is 0 Å². The van der Waals surface area contributed by atoms with Crippen molar-refractivity contribution in [1.29, 1.82) is 0 Å². The third-order valence-electron chi connectivity index (χ3n) is 4.55. The van der Waals surface area contributed by atoms with E-state index in [4.69, 9.17) is 0 Å². The Bertz CT molecular complexity index is 308. The smallest absolute Gasteiger partial charge is 0.222 e. The first-order chi connectivity index (χ1) is 9.69. The fourth-order valence-electron chi connectivity index (χ4n) is 3.55. The van der Waals surface area contributed by atoms with Crippen LogP contribution in [-0.2, 0) is 4.79 Å². The summed E-state index contributed by atoms with van der Waals surface area (Å²) in [6.07, 6.45) is 6.87. The second-order valence-electron chi connectivity index (χ2n) is 6.48. The molecule has 2 atom stereocenters. The molecule has 1 amide bonds. The fourth-order valence-corrected chi connectivity index (χ4v) is 3.55. The number of rotatable bonds is 6. The number of nitrogens with zero attached hydrogens (tertiary/aromatic N) is 2. The first kappa shape index (κ1) is 15.8. The van der Waals surface area contributed by atoms with Crippen LogP contribution in [0.2, 0.25) is 0 Å². The Morgan fingerprint density at radius 1 is 1.25 bits per heavy atom. The van der Waals surface area contributed by atoms with Crippen LogP contribution in [0.1, 0.15) is 52.4 Å². The minimum Gasteiger partial charge on any atom is -0.341 e. The van der Waals surface area contributed by atoms with Crippen molar-refractivity contribution < 1.29 is 4.79 Å². The maximum absolute atomic E-state index is 11.7. The van der Waals surface area contributed by atoms with Crippen LogP contribution < -0.4 is 5.32 Å². The normalized spacial score (nSPS) is 26.8. The highest BCUT2D eigenvalue weighted by Crippen LogP contribution is 2.14. The van der Waals surface area contributed by atoms with Gasteiger partial charge in [0.25, 0.3) is 0 Å². The fraction of sp³-hybridized carbons (Fsp3) is 0.938. The molecule has 0 aromatic carbocycles. The van der Waals surface area contributed by atoms with Crippen LogP contribution in [0.25, 0.3) is 0 Å². The summed E-state index contributed by atoms with van der Waals surface area (Å²) in [5.74, 6) is 0.341. The molecule has 4 heteroatoms. The van der Waals surface area contributed by atoms with E-state index in [1.807, 2.05) is 4.90 Å². The van der Waals surface area contributed by atoms with Crippen molar-refractivity contribution in [2.75, 3.05) is 32.7 Å². The highest BCUT2D eigenvalue weighted by Gasteiger charge is 2.23. The predicted molar refractivity (Wildman–Crippen MR) is 82.8 cm³/mol. The van der Waals surface area contributed by atoms with E-state index in [0.717, 1.165) is 25.9 Å². The lowest BCUT2D eigenvalue weighted by Crippen LogP contribution is -2.44.